The van der Waals surface area contributed by atoms with E-state index >= 15 is 0 Å². The van der Waals surface area contributed by atoms with Crippen molar-refractivity contribution in [2.75, 3.05) is 13.7 Å². The van der Waals surface area contributed by atoms with Gasteiger partial charge in [0.1, 0.15) is 6.10 Å². The van der Waals surface area contributed by atoms with Gasteiger partial charge >= 0.3 is 5.97 Å². The summed E-state index contributed by atoms with van der Waals surface area (Å²) in [6.45, 7) is 6.96. The minimum atomic E-state index is -1.41. The van der Waals surface area contributed by atoms with Crippen molar-refractivity contribution in [1.29, 1.82) is 0 Å². The van der Waals surface area contributed by atoms with Crippen molar-refractivity contribution >= 4 is 5.97 Å². The fraction of sp³-hybridized carbons (Fsp3) is 0.917. The van der Waals surface area contributed by atoms with Gasteiger partial charge < -0.3 is 19.3 Å². The summed E-state index contributed by atoms with van der Waals surface area (Å²) in [6, 6.07) is 0. The van der Waals surface area contributed by atoms with Crippen LogP contribution in [0.2, 0.25) is 0 Å². The van der Waals surface area contributed by atoms with Crippen LogP contribution in [0.4, 0.5) is 0 Å². The van der Waals surface area contributed by atoms with E-state index in [4.69, 9.17) is 14.2 Å². The summed E-state index contributed by atoms with van der Waals surface area (Å²) in [5.41, 5.74) is -1.41. The van der Waals surface area contributed by atoms with Gasteiger partial charge in [0.05, 0.1) is 13.7 Å². The van der Waals surface area contributed by atoms with Gasteiger partial charge in [-0.3, -0.25) is 0 Å². The number of carbonyl (C=O) groups is 1. The molecule has 1 aliphatic heterocycles. The summed E-state index contributed by atoms with van der Waals surface area (Å²) in [4.78, 5) is 11.9. The molecule has 0 radical (unpaired) electrons. The predicted octanol–water partition coefficient (Wildman–Crippen LogP) is 1.09. The van der Waals surface area contributed by atoms with Crippen molar-refractivity contribution in [2.24, 2.45) is 5.92 Å². The smallest absolute Gasteiger partial charge is 0.343 e. The Hall–Kier alpha value is -0.650. The second kappa shape index (κ2) is 4.92. The molecule has 0 bridgehead atoms. The van der Waals surface area contributed by atoms with E-state index in [-0.39, 0.29) is 5.92 Å². The van der Waals surface area contributed by atoms with Crippen LogP contribution in [0, 0.1) is 5.92 Å². The van der Waals surface area contributed by atoms with E-state index in [1.807, 2.05) is 13.8 Å². The van der Waals surface area contributed by atoms with E-state index in [0.717, 1.165) is 6.42 Å². The van der Waals surface area contributed by atoms with Crippen LogP contribution in [0.1, 0.15) is 34.1 Å². The molecule has 3 atom stereocenters. The molecule has 5 heteroatoms. The number of aliphatic hydroxyl groups is 1. The number of ether oxygens (including phenoxy) is 3. The molecule has 0 unspecified atom stereocenters. The quantitative estimate of drug-likeness (QED) is 0.752. The van der Waals surface area contributed by atoms with Crippen LogP contribution in [0.5, 0.6) is 0 Å². The fourth-order valence-corrected chi connectivity index (χ4v) is 2.23. The SMILES string of the molecule is CC[C@H](C)[C@@H]1OC(C)(C)O[C@@]1(CO)C(=O)OC. The molecule has 1 rings (SSSR count). The lowest BCUT2D eigenvalue weighted by Gasteiger charge is -2.30. The lowest BCUT2D eigenvalue weighted by Crippen LogP contribution is -2.54. The highest BCUT2D eigenvalue weighted by atomic mass is 16.8. The van der Waals surface area contributed by atoms with Gasteiger partial charge in [0.25, 0.3) is 0 Å². The van der Waals surface area contributed by atoms with Crippen LogP contribution in [0.3, 0.4) is 0 Å². The third-order valence-corrected chi connectivity index (χ3v) is 3.22. The van der Waals surface area contributed by atoms with E-state index in [1.54, 1.807) is 13.8 Å². The molecule has 1 heterocycles. The summed E-state index contributed by atoms with van der Waals surface area (Å²) in [7, 11) is 1.28. The Kier molecular flexibility index (Phi) is 4.17. The Morgan fingerprint density at radius 2 is 2.12 bits per heavy atom. The highest BCUT2D eigenvalue weighted by Gasteiger charge is 2.60. The second-order valence-corrected chi connectivity index (χ2v) is 4.97. The average Bonchev–Trinajstić information content (AvgIpc) is 2.59. The van der Waals surface area contributed by atoms with E-state index < -0.39 is 30.1 Å². The third kappa shape index (κ3) is 2.46. The molecule has 100 valence electrons. The largest absolute Gasteiger partial charge is 0.467 e. The monoisotopic (exact) mass is 246 g/mol. The molecule has 0 aromatic rings. The predicted molar refractivity (Wildman–Crippen MR) is 61.3 cm³/mol. The molecule has 1 aliphatic rings. The van der Waals surface area contributed by atoms with Crippen molar-refractivity contribution in [1.82, 2.24) is 0 Å². The maximum Gasteiger partial charge on any atom is 0.343 e. The third-order valence-electron chi connectivity index (χ3n) is 3.22. The first-order valence-electron chi connectivity index (χ1n) is 5.90. The van der Waals surface area contributed by atoms with Crippen LogP contribution in [0.25, 0.3) is 0 Å². The van der Waals surface area contributed by atoms with Gasteiger partial charge in [-0.2, -0.15) is 0 Å². The molecular formula is C12H22O5. The normalized spacial score (nSPS) is 33.4. The Morgan fingerprint density at radius 1 is 1.53 bits per heavy atom. The average molecular weight is 246 g/mol. The van der Waals surface area contributed by atoms with Gasteiger partial charge in [0.15, 0.2) is 5.79 Å². The lowest BCUT2D eigenvalue weighted by molar-refractivity contribution is -0.193. The highest BCUT2D eigenvalue weighted by molar-refractivity contribution is 5.81. The number of hydrogen-bond donors (Lipinski definition) is 1. The molecular weight excluding hydrogens is 224 g/mol. The fourth-order valence-electron chi connectivity index (χ4n) is 2.23. The number of methoxy groups -OCH3 is 1. The molecule has 0 aromatic heterocycles. The topological polar surface area (TPSA) is 65.0 Å². The van der Waals surface area contributed by atoms with E-state index in [9.17, 15) is 9.90 Å². The van der Waals surface area contributed by atoms with Gasteiger partial charge in [-0.15, -0.1) is 0 Å². The van der Waals surface area contributed by atoms with E-state index in [0.29, 0.717) is 0 Å². The summed E-state index contributed by atoms with van der Waals surface area (Å²) in [5.74, 6) is -1.40. The van der Waals surface area contributed by atoms with Crippen molar-refractivity contribution in [3.8, 4) is 0 Å². The Balaban J connectivity index is 3.10. The minimum absolute atomic E-state index is 0.0861. The van der Waals surface area contributed by atoms with E-state index in [2.05, 4.69) is 0 Å². The zero-order valence-electron chi connectivity index (χ0n) is 11.1. The van der Waals surface area contributed by atoms with Crippen LogP contribution >= 0.6 is 0 Å². The maximum absolute atomic E-state index is 11.9. The molecule has 0 aromatic carbocycles. The number of esters is 1. The molecule has 0 saturated carbocycles. The number of hydrogen-bond acceptors (Lipinski definition) is 5. The molecule has 1 N–H and O–H groups in total. The van der Waals surface area contributed by atoms with Gasteiger partial charge in [-0.25, -0.2) is 4.79 Å². The second-order valence-electron chi connectivity index (χ2n) is 4.97. The van der Waals surface area contributed by atoms with Crippen LogP contribution in [-0.4, -0.2) is 42.3 Å². The summed E-state index contributed by atoms with van der Waals surface area (Å²) >= 11 is 0. The standard InChI is InChI=1S/C12H22O5/c1-6-8(2)9-12(7-13,10(14)15-5)17-11(3,4)16-9/h8-9,13H,6-7H2,1-5H3/t8-,9-,12+/m0/s1. The van der Waals surface area contributed by atoms with Crippen LogP contribution in [0.15, 0.2) is 0 Å². The molecule has 0 amide bonds. The summed E-state index contributed by atoms with van der Waals surface area (Å²) in [6.07, 6.45) is 0.322. The first-order chi connectivity index (χ1) is 7.83. The molecule has 0 spiro atoms. The lowest BCUT2D eigenvalue weighted by atomic mass is 9.87. The first-order valence-corrected chi connectivity index (χ1v) is 5.90. The molecule has 5 nitrogen and oxygen atoms in total. The zero-order chi connectivity index (χ0) is 13.3. The Labute approximate surface area is 102 Å². The van der Waals surface area contributed by atoms with Gasteiger partial charge in [-0.1, -0.05) is 20.3 Å². The van der Waals surface area contributed by atoms with E-state index in [1.165, 1.54) is 7.11 Å². The maximum atomic E-state index is 11.9. The summed E-state index contributed by atoms with van der Waals surface area (Å²) < 4.78 is 16.1. The highest BCUT2D eigenvalue weighted by Crippen LogP contribution is 2.41. The molecule has 0 aliphatic carbocycles. The van der Waals surface area contributed by atoms with Crippen molar-refractivity contribution < 1.29 is 24.1 Å². The first kappa shape index (κ1) is 14.4. The molecule has 1 fully saturated rings. The summed E-state index contributed by atoms with van der Waals surface area (Å²) in [5, 5.41) is 9.56. The van der Waals surface area contributed by atoms with Crippen LogP contribution in [-0.2, 0) is 19.0 Å². The Bertz CT molecular complexity index is 289. The van der Waals surface area contributed by atoms with Crippen molar-refractivity contribution in [2.45, 2.75) is 51.6 Å². The molecule has 1 saturated heterocycles. The number of aliphatic hydroxyl groups excluding tert-OH is 1. The van der Waals surface area contributed by atoms with Gasteiger partial charge in [-0.05, 0) is 19.8 Å². The van der Waals surface area contributed by atoms with Gasteiger partial charge in [0.2, 0.25) is 5.60 Å². The molecule has 17 heavy (non-hydrogen) atoms. The number of carbonyl (C=O) groups excluding carboxylic acids is 1. The van der Waals surface area contributed by atoms with Gasteiger partial charge in [0, 0.05) is 0 Å². The zero-order valence-corrected chi connectivity index (χ0v) is 11.1. The minimum Gasteiger partial charge on any atom is -0.467 e. The number of rotatable bonds is 4. The van der Waals surface area contributed by atoms with Crippen molar-refractivity contribution in [3.63, 3.8) is 0 Å². The Morgan fingerprint density at radius 3 is 2.53 bits per heavy atom. The van der Waals surface area contributed by atoms with Crippen LogP contribution < -0.4 is 0 Å². The van der Waals surface area contributed by atoms with Crippen molar-refractivity contribution in [3.05, 3.63) is 0 Å².